The summed E-state index contributed by atoms with van der Waals surface area (Å²) in [7, 11) is 0. The first kappa shape index (κ1) is 17.9. The van der Waals surface area contributed by atoms with Gasteiger partial charge in [0.15, 0.2) is 5.78 Å². The normalized spacial score (nSPS) is 10.9. The van der Waals surface area contributed by atoms with Crippen molar-refractivity contribution in [3.63, 3.8) is 0 Å². The van der Waals surface area contributed by atoms with Crippen molar-refractivity contribution in [3.05, 3.63) is 102 Å². The molecule has 0 spiro atoms. The van der Waals surface area contributed by atoms with Gasteiger partial charge in [-0.2, -0.15) is 0 Å². The smallest absolute Gasteiger partial charge is 0.181 e. The zero-order chi connectivity index (χ0) is 19.3. The van der Waals surface area contributed by atoms with Crippen LogP contribution in [-0.4, -0.2) is 15.2 Å². The number of Topliss-reactive ketones (excluding diaryl/α,β-unsaturated/α-hetero) is 1. The first-order valence-corrected chi connectivity index (χ1v) is 9.10. The molecule has 0 unspecified atom stereocenters. The Morgan fingerprint density at radius 3 is 2.68 bits per heavy atom. The summed E-state index contributed by atoms with van der Waals surface area (Å²) in [6.45, 7) is 0.179. The molecule has 0 aliphatic rings. The second-order valence-electron chi connectivity index (χ2n) is 6.56. The Bertz CT molecular complexity index is 1100. The summed E-state index contributed by atoms with van der Waals surface area (Å²) >= 11 is 0. The van der Waals surface area contributed by atoms with E-state index in [2.05, 4.69) is 4.98 Å². The number of ketones is 1. The van der Waals surface area contributed by atoms with Crippen LogP contribution in [0.15, 0.2) is 79.3 Å². The molecule has 5 heteroatoms. The van der Waals surface area contributed by atoms with Gasteiger partial charge >= 0.3 is 0 Å². The van der Waals surface area contributed by atoms with Crippen LogP contribution in [0.4, 0.5) is 4.39 Å². The number of hydrogen-bond acceptors (Lipinski definition) is 3. The van der Waals surface area contributed by atoms with Crippen LogP contribution in [0.2, 0.25) is 0 Å². The summed E-state index contributed by atoms with van der Waals surface area (Å²) in [5, 5.41) is 0. The molecule has 0 N–H and O–H groups in total. The molecular formula is C23H19FN2O2. The van der Waals surface area contributed by atoms with E-state index in [1.165, 1.54) is 6.07 Å². The van der Waals surface area contributed by atoms with Gasteiger partial charge in [0.05, 0.1) is 6.33 Å². The molecule has 0 saturated carbocycles. The minimum Gasteiger partial charge on any atom is -0.489 e. The highest BCUT2D eigenvalue weighted by Gasteiger charge is 2.09. The Morgan fingerprint density at radius 2 is 1.86 bits per heavy atom. The van der Waals surface area contributed by atoms with Crippen LogP contribution in [0.1, 0.15) is 28.0 Å². The van der Waals surface area contributed by atoms with Crippen LogP contribution in [0.5, 0.6) is 5.75 Å². The monoisotopic (exact) mass is 374 g/mol. The van der Waals surface area contributed by atoms with Crippen molar-refractivity contribution in [3.8, 4) is 5.75 Å². The topological polar surface area (TPSA) is 43.6 Å². The van der Waals surface area contributed by atoms with Gasteiger partial charge in [-0.15, -0.1) is 0 Å². The van der Waals surface area contributed by atoms with E-state index in [1.54, 1.807) is 24.5 Å². The number of rotatable bonds is 7. The SMILES string of the molecule is O=C(CCc1ccc(OCc2ccccc2F)cc1)c1cc2cccn2cn1. The van der Waals surface area contributed by atoms with Crippen LogP contribution < -0.4 is 4.74 Å². The molecular weight excluding hydrogens is 355 g/mol. The number of aryl methyl sites for hydroxylation is 1. The van der Waals surface area contributed by atoms with Crippen LogP contribution >= 0.6 is 0 Å². The predicted molar refractivity (Wildman–Crippen MR) is 105 cm³/mol. The van der Waals surface area contributed by atoms with Gasteiger partial charge in [-0.25, -0.2) is 9.37 Å². The molecule has 0 atom stereocenters. The van der Waals surface area contributed by atoms with Gasteiger partial charge in [-0.3, -0.25) is 4.79 Å². The van der Waals surface area contributed by atoms with Crippen molar-refractivity contribution in [2.45, 2.75) is 19.4 Å². The number of aromatic nitrogens is 2. The fourth-order valence-corrected chi connectivity index (χ4v) is 3.00. The number of benzene rings is 2. The summed E-state index contributed by atoms with van der Waals surface area (Å²) < 4.78 is 21.1. The molecule has 0 bridgehead atoms. The van der Waals surface area contributed by atoms with Crippen molar-refractivity contribution >= 4 is 11.3 Å². The molecule has 140 valence electrons. The van der Waals surface area contributed by atoms with E-state index in [1.807, 2.05) is 53.1 Å². The Balaban J connectivity index is 1.32. The summed E-state index contributed by atoms with van der Waals surface area (Å²) in [5.74, 6) is 0.409. The molecule has 2 heterocycles. The number of halogens is 1. The molecule has 2 aromatic heterocycles. The number of carbonyl (C=O) groups excluding carboxylic acids is 1. The highest BCUT2D eigenvalue weighted by Crippen LogP contribution is 2.17. The second kappa shape index (κ2) is 8.05. The molecule has 0 radical (unpaired) electrons. The maximum Gasteiger partial charge on any atom is 0.181 e. The van der Waals surface area contributed by atoms with Crippen molar-refractivity contribution < 1.29 is 13.9 Å². The average Bonchev–Trinajstić information content (AvgIpc) is 3.20. The molecule has 4 aromatic rings. The molecule has 0 fully saturated rings. The van der Waals surface area contributed by atoms with Crippen molar-refractivity contribution in [2.24, 2.45) is 0 Å². The Labute approximate surface area is 162 Å². The summed E-state index contributed by atoms with van der Waals surface area (Å²) in [6.07, 6.45) is 4.57. The molecule has 0 aliphatic carbocycles. The Kier molecular flexibility index (Phi) is 5.15. The number of nitrogens with zero attached hydrogens (tertiary/aromatic N) is 2. The van der Waals surface area contributed by atoms with Gasteiger partial charge in [-0.05, 0) is 48.4 Å². The lowest BCUT2D eigenvalue weighted by molar-refractivity contribution is 0.0978. The van der Waals surface area contributed by atoms with Gasteiger partial charge < -0.3 is 9.14 Å². The maximum atomic E-state index is 13.6. The number of hydrogen-bond donors (Lipinski definition) is 0. The largest absolute Gasteiger partial charge is 0.489 e. The molecule has 4 nitrogen and oxygen atoms in total. The molecule has 0 amide bonds. The van der Waals surface area contributed by atoms with Crippen molar-refractivity contribution in [1.82, 2.24) is 9.38 Å². The third-order valence-corrected chi connectivity index (χ3v) is 4.62. The molecule has 0 aliphatic heterocycles. The lowest BCUT2D eigenvalue weighted by atomic mass is 10.1. The Hall–Kier alpha value is -3.47. The van der Waals surface area contributed by atoms with E-state index in [0.29, 0.717) is 29.8 Å². The lowest BCUT2D eigenvalue weighted by Gasteiger charge is -2.08. The fraction of sp³-hybridized carbons (Fsp3) is 0.130. The zero-order valence-electron chi connectivity index (χ0n) is 15.2. The highest BCUT2D eigenvalue weighted by atomic mass is 19.1. The van der Waals surface area contributed by atoms with Crippen LogP contribution in [0.3, 0.4) is 0 Å². The first-order chi connectivity index (χ1) is 13.7. The van der Waals surface area contributed by atoms with Crippen LogP contribution in [0.25, 0.3) is 5.52 Å². The molecule has 0 saturated heterocycles. The van der Waals surface area contributed by atoms with E-state index in [0.717, 1.165) is 11.1 Å². The summed E-state index contributed by atoms with van der Waals surface area (Å²) in [6, 6.07) is 19.8. The number of carbonyl (C=O) groups is 1. The quantitative estimate of drug-likeness (QED) is 0.434. The third-order valence-electron chi connectivity index (χ3n) is 4.62. The zero-order valence-corrected chi connectivity index (χ0v) is 15.2. The van der Waals surface area contributed by atoms with Crippen molar-refractivity contribution in [1.29, 1.82) is 0 Å². The predicted octanol–water partition coefficient (Wildman–Crippen LogP) is 4.87. The van der Waals surface area contributed by atoms with Gasteiger partial charge in [0, 0.05) is 23.7 Å². The van der Waals surface area contributed by atoms with E-state index < -0.39 is 0 Å². The summed E-state index contributed by atoms with van der Waals surface area (Å²) in [5.41, 5.74) is 2.99. The van der Waals surface area contributed by atoms with Crippen LogP contribution in [-0.2, 0) is 13.0 Å². The fourth-order valence-electron chi connectivity index (χ4n) is 3.00. The van der Waals surface area contributed by atoms with E-state index in [4.69, 9.17) is 4.74 Å². The minimum atomic E-state index is -0.274. The standard InChI is InChI=1S/C23H19FN2O2/c24-21-6-2-1-4-18(21)15-28-20-10-7-17(8-11-20)9-12-23(27)22-14-19-5-3-13-26(19)16-25-22/h1-8,10-11,13-14,16H,9,12,15H2. The average molecular weight is 374 g/mol. The second-order valence-corrected chi connectivity index (χ2v) is 6.56. The van der Waals surface area contributed by atoms with Crippen LogP contribution in [0, 0.1) is 5.82 Å². The van der Waals surface area contributed by atoms with E-state index >= 15 is 0 Å². The third kappa shape index (κ3) is 4.09. The van der Waals surface area contributed by atoms with Crippen molar-refractivity contribution in [2.75, 3.05) is 0 Å². The number of fused-ring (bicyclic) bond motifs is 1. The van der Waals surface area contributed by atoms with E-state index in [9.17, 15) is 9.18 Å². The summed E-state index contributed by atoms with van der Waals surface area (Å²) in [4.78, 5) is 16.6. The van der Waals surface area contributed by atoms with Gasteiger partial charge in [0.1, 0.15) is 23.9 Å². The first-order valence-electron chi connectivity index (χ1n) is 9.10. The number of ether oxygens (including phenoxy) is 1. The lowest BCUT2D eigenvalue weighted by Crippen LogP contribution is -2.05. The highest BCUT2D eigenvalue weighted by molar-refractivity contribution is 5.95. The molecule has 4 rings (SSSR count). The van der Waals surface area contributed by atoms with Gasteiger partial charge in [0.25, 0.3) is 0 Å². The van der Waals surface area contributed by atoms with Gasteiger partial charge in [-0.1, -0.05) is 30.3 Å². The maximum absolute atomic E-state index is 13.6. The molecule has 2 aromatic carbocycles. The Morgan fingerprint density at radius 1 is 1.04 bits per heavy atom. The molecule has 28 heavy (non-hydrogen) atoms. The van der Waals surface area contributed by atoms with Gasteiger partial charge in [0.2, 0.25) is 0 Å². The van der Waals surface area contributed by atoms with E-state index in [-0.39, 0.29) is 18.2 Å². The minimum absolute atomic E-state index is 0.0172.